The third kappa shape index (κ3) is 4.48. The van der Waals surface area contributed by atoms with Crippen molar-refractivity contribution in [2.45, 2.75) is 30.7 Å². The van der Waals surface area contributed by atoms with Gasteiger partial charge in [-0.25, -0.2) is 12.7 Å². The van der Waals surface area contributed by atoms with E-state index in [1.807, 2.05) is 6.92 Å². The Morgan fingerprint density at radius 2 is 1.89 bits per heavy atom. The molecule has 8 nitrogen and oxygen atoms in total. The largest absolute Gasteiger partial charge is 0.379 e. The number of sulfonamides is 1. The van der Waals surface area contributed by atoms with Crippen LogP contribution in [0.1, 0.15) is 18.4 Å². The second kappa shape index (κ2) is 8.37. The summed E-state index contributed by atoms with van der Waals surface area (Å²) in [5, 5.41) is 2.78. The lowest BCUT2D eigenvalue weighted by molar-refractivity contribution is -0.130. The van der Waals surface area contributed by atoms with Crippen molar-refractivity contribution in [2.75, 3.05) is 39.4 Å². The van der Waals surface area contributed by atoms with Gasteiger partial charge in [0.25, 0.3) is 10.0 Å². The second-order valence-electron chi connectivity index (χ2n) is 6.81. The van der Waals surface area contributed by atoms with Gasteiger partial charge in [-0.05, 0) is 25.5 Å². The summed E-state index contributed by atoms with van der Waals surface area (Å²) in [6.45, 7) is 5.89. The zero-order chi connectivity index (χ0) is 19.4. The zero-order valence-electron chi connectivity index (χ0n) is 15.4. The van der Waals surface area contributed by atoms with Gasteiger partial charge >= 0.3 is 0 Å². The van der Waals surface area contributed by atoms with Gasteiger partial charge in [0.2, 0.25) is 11.8 Å². The molecule has 2 saturated heterocycles. The molecule has 9 heteroatoms. The molecule has 0 radical (unpaired) electrons. The first kappa shape index (κ1) is 19.8. The van der Waals surface area contributed by atoms with Crippen molar-refractivity contribution in [1.82, 2.24) is 14.5 Å². The van der Waals surface area contributed by atoms with E-state index < -0.39 is 27.9 Å². The van der Waals surface area contributed by atoms with E-state index in [0.29, 0.717) is 26.3 Å². The number of benzene rings is 1. The first-order valence-corrected chi connectivity index (χ1v) is 10.6. The summed E-state index contributed by atoms with van der Waals surface area (Å²) >= 11 is 0. The molecule has 0 saturated carbocycles. The molecule has 2 aliphatic rings. The fourth-order valence-electron chi connectivity index (χ4n) is 3.30. The molecule has 1 aromatic rings. The SMILES string of the molecule is Cc1ccc(S(=O)(=O)N2C(=O)CC[C@H]2C(=O)NCCN2CCOCC2)cc1. The Kier molecular flexibility index (Phi) is 6.13. The van der Waals surface area contributed by atoms with Crippen molar-refractivity contribution in [3.63, 3.8) is 0 Å². The van der Waals surface area contributed by atoms with Crippen LogP contribution in [0.2, 0.25) is 0 Å². The van der Waals surface area contributed by atoms with Crippen molar-refractivity contribution in [2.24, 2.45) is 0 Å². The van der Waals surface area contributed by atoms with Crippen molar-refractivity contribution in [1.29, 1.82) is 0 Å². The molecule has 1 aromatic carbocycles. The van der Waals surface area contributed by atoms with Crippen molar-refractivity contribution in [3.8, 4) is 0 Å². The number of nitrogens with one attached hydrogen (secondary N) is 1. The van der Waals surface area contributed by atoms with E-state index in [2.05, 4.69) is 10.2 Å². The number of amides is 2. The van der Waals surface area contributed by atoms with Gasteiger partial charge in [-0.3, -0.25) is 14.5 Å². The summed E-state index contributed by atoms with van der Waals surface area (Å²) in [6.07, 6.45) is 0.250. The molecular weight excluding hydrogens is 370 g/mol. The molecule has 0 aliphatic carbocycles. The normalized spacial score (nSPS) is 21.4. The van der Waals surface area contributed by atoms with E-state index in [0.717, 1.165) is 23.0 Å². The van der Waals surface area contributed by atoms with E-state index in [4.69, 9.17) is 4.74 Å². The van der Waals surface area contributed by atoms with Crippen LogP contribution in [-0.2, 0) is 24.3 Å². The van der Waals surface area contributed by atoms with Crippen LogP contribution in [0.25, 0.3) is 0 Å². The van der Waals surface area contributed by atoms with Gasteiger partial charge in [0.05, 0.1) is 18.1 Å². The number of rotatable bonds is 6. The molecule has 2 fully saturated rings. The molecule has 3 rings (SSSR count). The van der Waals surface area contributed by atoms with Gasteiger partial charge < -0.3 is 10.1 Å². The van der Waals surface area contributed by atoms with Gasteiger partial charge in [0.15, 0.2) is 0 Å². The van der Waals surface area contributed by atoms with Crippen molar-refractivity contribution >= 4 is 21.8 Å². The van der Waals surface area contributed by atoms with Gasteiger partial charge in [-0.1, -0.05) is 17.7 Å². The minimum Gasteiger partial charge on any atom is -0.379 e. The Hall–Kier alpha value is -1.97. The lowest BCUT2D eigenvalue weighted by Gasteiger charge is -2.27. The van der Waals surface area contributed by atoms with Gasteiger partial charge in [-0.15, -0.1) is 0 Å². The van der Waals surface area contributed by atoms with E-state index in [-0.39, 0.29) is 17.7 Å². The van der Waals surface area contributed by atoms with Crippen LogP contribution < -0.4 is 5.32 Å². The van der Waals surface area contributed by atoms with Crippen LogP contribution in [-0.4, -0.2) is 74.9 Å². The van der Waals surface area contributed by atoms with Crippen LogP contribution in [0.3, 0.4) is 0 Å². The predicted molar refractivity (Wildman–Crippen MR) is 98.5 cm³/mol. The summed E-state index contributed by atoms with van der Waals surface area (Å²) in [4.78, 5) is 27.0. The number of aryl methyl sites for hydroxylation is 1. The Labute approximate surface area is 159 Å². The Morgan fingerprint density at radius 3 is 2.56 bits per heavy atom. The molecule has 2 heterocycles. The van der Waals surface area contributed by atoms with E-state index >= 15 is 0 Å². The highest BCUT2D eigenvalue weighted by atomic mass is 32.2. The highest BCUT2D eigenvalue weighted by molar-refractivity contribution is 7.89. The minimum absolute atomic E-state index is 0.0227. The molecule has 2 aliphatic heterocycles. The lowest BCUT2D eigenvalue weighted by Crippen LogP contribution is -2.49. The Bertz CT molecular complexity index is 788. The summed E-state index contributed by atoms with van der Waals surface area (Å²) in [5.41, 5.74) is 0.916. The number of morpholine rings is 1. The van der Waals surface area contributed by atoms with Gasteiger partial charge in [-0.2, -0.15) is 0 Å². The van der Waals surface area contributed by atoms with Crippen LogP contribution in [0, 0.1) is 6.92 Å². The lowest BCUT2D eigenvalue weighted by atomic mass is 10.2. The molecule has 0 unspecified atom stereocenters. The second-order valence-corrected chi connectivity index (χ2v) is 8.62. The van der Waals surface area contributed by atoms with Crippen LogP contribution in [0.4, 0.5) is 0 Å². The minimum atomic E-state index is -4.05. The molecule has 148 valence electrons. The van der Waals surface area contributed by atoms with Gasteiger partial charge in [0, 0.05) is 32.6 Å². The number of carbonyl (C=O) groups excluding carboxylic acids is 2. The molecule has 1 atom stereocenters. The number of carbonyl (C=O) groups is 2. The number of hydrogen-bond donors (Lipinski definition) is 1. The van der Waals surface area contributed by atoms with E-state index in [1.54, 1.807) is 12.1 Å². The highest BCUT2D eigenvalue weighted by Gasteiger charge is 2.44. The monoisotopic (exact) mass is 395 g/mol. The number of hydrogen-bond acceptors (Lipinski definition) is 6. The predicted octanol–water partition coefficient (Wildman–Crippen LogP) is 0.123. The van der Waals surface area contributed by atoms with Gasteiger partial charge in [0.1, 0.15) is 6.04 Å². The summed E-state index contributed by atoms with van der Waals surface area (Å²) in [7, 11) is -4.05. The maximum atomic E-state index is 12.9. The van der Waals surface area contributed by atoms with E-state index in [1.165, 1.54) is 12.1 Å². The summed E-state index contributed by atoms with van der Waals surface area (Å²) < 4.78 is 31.8. The topological polar surface area (TPSA) is 96.0 Å². The third-order valence-corrected chi connectivity index (χ3v) is 6.72. The van der Waals surface area contributed by atoms with Crippen LogP contribution in [0.5, 0.6) is 0 Å². The Balaban J connectivity index is 1.66. The first-order chi connectivity index (χ1) is 12.9. The summed E-state index contributed by atoms with van der Waals surface area (Å²) in [5.74, 6) is -0.964. The third-order valence-electron chi connectivity index (χ3n) is 4.87. The number of ether oxygens (including phenoxy) is 1. The molecule has 0 bridgehead atoms. The van der Waals surface area contributed by atoms with E-state index in [9.17, 15) is 18.0 Å². The smallest absolute Gasteiger partial charge is 0.267 e. The first-order valence-electron chi connectivity index (χ1n) is 9.11. The highest BCUT2D eigenvalue weighted by Crippen LogP contribution is 2.27. The van der Waals surface area contributed by atoms with Crippen LogP contribution >= 0.6 is 0 Å². The molecule has 2 amide bonds. The fourth-order valence-corrected chi connectivity index (χ4v) is 4.91. The molecule has 0 aromatic heterocycles. The Morgan fingerprint density at radius 1 is 1.22 bits per heavy atom. The average molecular weight is 395 g/mol. The van der Waals surface area contributed by atoms with Crippen molar-refractivity contribution < 1.29 is 22.7 Å². The summed E-state index contributed by atoms with van der Waals surface area (Å²) in [6, 6.07) is 5.27. The molecule has 1 N–H and O–H groups in total. The quantitative estimate of drug-likeness (QED) is 0.735. The van der Waals surface area contributed by atoms with Crippen molar-refractivity contribution in [3.05, 3.63) is 29.8 Å². The van der Waals surface area contributed by atoms with Crippen LogP contribution in [0.15, 0.2) is 29.2 Å². The molecule has 27 heavy (non-hydrogen) atoms. The molecule has 0 spiro atoms. The standard InChI is InChI=1S/C18H25N3O5S/c1-14-2-4-15(5-3-14)27(24,25)21-16(6-7-17(21)22)18(23)19-8-9-20-10-12-26-13-11-20/h2-5,16H,6-13H2,1H3,(H,19,23)/t16-/m0/s1. The maximum absolute atomic E-state index is 12.9. The molecular formula is C18H25N3O5S. The fraction of sp³-hybridized carbons (Fsp3) is 0.556. The maximum Gasteiger partial charge on any atom is 0.267 e. The average Bonchev–Trinajstić information content (AvgIpc) is 3.05. The number of nitrogens with zero attached hydrogens (tertiary/aromatic N) is 2. The zero-order valence-corrected chi connectivity index (χ0v) is 16.2.